The Kier molecular flexibility index (Phi) is 5.02. The minimum absolute atomic E-state index is 0.285. The summed E-state index contributed by atoms with van der Waals surface area (Å²) in [6, 6.07) is 16.7. The Morgan fingerprint density at radius 1 is 1.03 bits per heavy atom. The van der Waals surface area contributed by atoms with E-state index in [0.29, 0.717) is 34.3 Å². The first-order valence-electron chi connectivity index (χ1n) is 8.57. The van der Waals surface area contributed by atoms with Gasteiger partial charge in [-0.3, -0.25) is 0 Å². The quantitative estimate of drug-likeness (QED) is 0.461. The molecule has 0 aliphatic heterocycles. The monoisotopic (exact) mass is 418 g/mol. The van der Waals surface area contributed by atoms with Crippen LogP contribution in [0.4, 0.5) is 19.0 Å². The summed E-state index contributed by atoms with van der Waals surface area (Å²) in [6.45, 7) is 0.534. The number of rotatable bonds is 5. The van der Waals surface area contributed by atoms with Crippen LogP contribution < -0.4 is 10.1 Å². The first-order chi connectivity index (χ1) is 13.9. The van der Waals surface area contributed by atoms with E-state index in [1.807, 2.05) is 18.2 Å². The fraction of sp³-hybridized carbons (Fsp3) is 0.100. The normalized spacial score (nSPS) is 11.6. The number of hydrogen-bond acceptors (Lipinski definition) is 4. The average molecular weight is 419 g/mol. The predicted molar refractivity (Wildman–Crippen MR) is 104 cm³/mol. The van der Waals surface area contributed by atoms with Crippen LogP contribution in [0.25, 0.3) is 16.9 Å². The fourth-order valence-corrected chi connectivity index (χ4v) is 3.04. The molecule has 0 radical (unpaired) electrons. The number of ether oxygens (including phenoxy) is 1. The minimum Gasteiger partial charge on any atom is -0.406 e. The lowest BCUT2D eigenvalue weighted by Crippen LogP contribution is -2.16. The van der Waals surface area contributed by atoms with Crippen molar-refractivity contribution in [3.05, 3.63) is 77.4 Å². The van der Waals surface area contributed by atoms with Gasteiger partial charge in [-0.05, 0) is 54.1 Å². The highest BCUT2D eigenvalue weighted by Crippen LogP contribution is 2.27. The molecule has 2 aromatic carbocycles. The second-order valence-electron chi connectivity index (χ2n) is 6.19. The number of halogens is 4. The van der Waals surface area contributed by atoms with Gasteiger partial charge in [0.25, 0.3) is 0 Å². The summed E-state index contributed by atoms with van der Waals surface area (Å²) in [5.74, 6) is 0.334. The van der Waals surface area contributed by atoms with E-state index in [2.05, 4.69) is 20.1 Å². The third-order valence-electron chi connectivity index (χ3n) is 4.11. The summed E-state index contributed by atoms with van der Waals surface area (Å²) >= 11 is 6.00. The highest BCUT2D eigenvalue weighted by molar-refractivity contribution is 6.30. The standard InChI is InChI=1S/C20H14ClF3N4O/c21-15-3-1-2-13(10-15)11-25-18-8-9-19-26-12-17(28(19)27-18)14-4-6-16(7-5-14)29-20(22,23)24/h1-10,12H,11H2,(H,25,27). The Hall–Kier alpha value is -3.26. The molecule has 4 aromatic rings. The number of nitrogens with one attached hydrogen (secondary N) is 1. The highest BCUT2D eigenvalue weighted by atomic mass is 35.5. The largest absolute Gasteiger partial charge is 0.573 e. The molecule has 0 bridgehead atoms. The van der Waals surface area contributed by atoms with E-state index in [-0.39, 0.29) is 5.75 Å². The fourth-order valence-electron chi connectivity index (χ4n) is 2.83. The summed E-state index contributed by atoms with van der Waals surface area (Å²) in [6.07, 6.45) is -3.11. The Balaban J connectivity index is 1.57. The van der Waals surface area contributed by atoms with Gasteiger partial charge in [-0.25, -0.2) is 9.50 Å². The summed E-state index contributed by atoms with van der Waals surface area (Å²) in [5.41, 5.74) is 2.92. The van der Waals surface area contributed by atoms with Crippen LogP contribution in [0.5, 0.6) is 5.75 Å². The van der Waals surface area contributed by atoms with Gasteiger partial charge in [-0.15, -0.1) is 18.3 Å². The minimum atomic E-state index is -4.73. The lowest BCUT2D eigenvalue weighted by Gasteiger charge is -2.10. The predicted octanol–water partition coefficient (Wildman–Crippen LogP) is 5.56. The molecule has 5 nitrogen and oxygen atoms in total. The number of imidazole rings is 1. The van der Waals surface area contributed by atoms with E-state index in [9.17, 15) is 13.2 Å². The number of hydrogen-bond donors (Lipinski definition) is 1. The van der Waals surface area contributed by atoms with Gasteiger partial charge in [0.1, 0.15) is 11.6 Å². The summed E-state index contributed by atoms with van der Waals surface area (Å²) in [4.78, 5) is 4.29. The Bertz CT molecular complexity index is 1140. The van der Waals surface area contributed by atoms with Crippen molar-refractivity contribution < 1.29 is 17.9 Å². The molecule has 9 heteroatoms. The molecule has 0 unspecified atom stereocenters. The van der Waals surface area contributed by atoms with Crippen molar-refractivity contribution >= 4 is 23.1 Å². The number of alkyl halides is 3. The van der Waals surface area contributed by atoms with E-state index in [1.165, 1.54) is 24.3 Å². The van der Waals surface area contributed by atoms with E-state index < -0.39 is 6.36 Å². The zero-order valence-electron chi connectivity index (χ0n) is 14.8. The van der Waals surface area contributed by atoms with Gasteiger partial charge in [-0.2, -0.15) is 0 Å². The molecule has 0 aliphatic rings. The number of fused-ring (bicyclic) bond motifs is 1. The molecule has 2 aromatic heterocycles. The second-order valence-corrected chi connectivity index (χ2v) is 6.62. The molecule has 4 rings (SSSR count). The van der Waals surface area contributed by atoms with Crippen molar-refractivity contribution in [1.29, 1.82) is 0 Å². The third kappa shape index (κ3) is 4.60. The van der Waals surface area contributed by atoms with Gasteiger partial charge in [0, 0.05) is 17.1 Å². The molecule has 29 heavy (non-hydrogen) atoms. The van der Waals surface area contributed by atoms with Crippen molar-refractivity contribution in [3.8, 4) is 17.0 Å². The van der Waals surface area contributed by atoms with E-state index in [0.717, 1.165) is 5.56 Å². The Morgan fingerprint density at radius 2 is 1.83 bits per heavy atom. The SMILES string of the molecule is FC(F)(F)Oc1ccc(-c2cnc3ccc(NCc4cccc(Cl)c4)nn23)cc1. The van der Waals surface area contributed by atoms with Crippen LogP contribution in [0.15, 0.2) is 66.9 Å². The molecule has 0 spiro atoms. The number of anilines is 1. The van der Waals surface area contributed by atoms with Crippen molar-refractivity contribution in [1.82, 2.24) is 14.6 Å². The van der Waals surface area contributed by atoms with Gasteiger partial charge in [0.15, 0.2) is 5.65 Å². The maximum absolute atomic E-state index is 12.3. The third-order valence-corrected chi connectivity index (χ3v) is 4.34. The first-order valence-corrected chi connectivity index (χ1v) is 8.94. The van der Waals surface area contributed by atoms with Crippen molar-refractivity contribution in [3.63, 3.8) is 0 Å². The topological polar surface area (TPSA) is 51.5 Å². The van der Waals surface area contributed by atoms with Gasteiger partial charge in [-0.1, -0.05) is 23.7 Å². The van der Waals surface area contributed by atoms with Crippen molar-refractivity contribution in [2.45, 2.75) is 12.9 Å². The molecule has 0 aliphatic carbocycles. The number of benzene rings is 2. The summed E-state index contributed by atoms with van der Waals surface area (Å²) < 4.78 is 42.5. The summed E-state index contributed by atoms with van der Waals surface area (Å²) in [5, 5.41) is 8.41. The molecular formula is C20H14ClF3N4O. The zero-order chi connectivity index (χ0) is 20.4. The lowest BCUT2D eigenvalue weighted by atomic mass is 10.1. The van der Waals surface area contributed by atoms with E-state index >= 15 is 0 Å². The van der Waals surface area contributed by atoms with Crippen LogP contribution in [-0.4, -0.2) is 21.0 Å². The van der Waals surface area contributed by atoms with E-state index in [4.69, 9.17) is 11.6 Å². The molecule has 148 valence electrons. The van der Waals surface area contributed by atoms with Crippen molar-refractivity contribution in [2.75, 3.05) is 5.32 Å². The maximum Gasteiger partial charge on any atom is 0.573 e. The van der Waals surface area contributed by atoms with E-state index in [1.54, 1.807) is 28.9 Å². The zero-order valence-corrected chi connectivity index (χ0v) is 15.6. The smallest absolute Gasteiger partial charge is 0.406 e. The molecule has 0 saturated carbocycles. The van der Waals surface area contributed by atoms with Gasteiger partial charge < -0.3 is 10.1 Å². The molecule has 0 saturated heterocycles. The Morgan fingerprint density at radius 3 is 2.55 bits per heavy atom. The van der Waals surface area contributed by atoms with Crippen LogP contribution in [0.1, 0.15) is 5.56 Å². The molecule has 0 atom stereocenters. The van der Waals surface area contributed by atoms with Crippen LogP contribution in [0.2, 0.25) is 5.02 Å². The van der Waals surface area contributed by atoms with Gasteiger partial charge in [0.05, 0.1) is 11.9 Å². The maximum atomic E-state index is 12.3. The molecule has 2 heterocycles. The number of aromatic nitrogens is 3. The molecule has 0 amide bonds. The van der Waals surface area contributed by atoms with Crippen LogP contribution >= 0.6 is 11.6 Å². The Labute approximate surface area is 168 Å². The second kappa shape index (κ2) is 7.63. The first kappa shape index (κ1) is 19.1. The molecular weight excluding hydrogens is 405 g/mol. The molecule has 1 N–H and O–H groups in total. The molecule has 0 fully saturated rings. The summed E-state index contributed by atoms with van der Waals surface area (Å²) in [7, 11) is 0. The van der Waals surface area contributed by atoms with Crippen molar-refractivity contribution in [2.24, 2.45) is 0 Å². The lowest BCUT2D eigenvalue weighted by molar-refractivity contribution is -0.274. The highest BCUT2D eigenvalue weighted by Gasteiger charge is 2.31. The average Bonchev–Trinajstić information content (AvgIpc) is 3.09. The van der Waals surface area contributed by atoms with Gasteiger partial charge >= 0.3 is 6.36 Å². The van der Waals surface area contributed by atoms with Gasteiger partial charge in [0.2, 0.25) is 0 Å². The van der Waals surface area contributed by atoms with Crippen LogP contribution in [-0.2, 0) is 6.54 Å². The number of nitrogens with zero attached hydrogens (tertiary/aromatic N) is 3. The van der Waals surface area contributed by atoms with Crippen LogP contribution in [0, 0.1) is 0 Å². The van der Waals surface area contributed by atoms with Crippen LogP contribution in [0.3, 0.4) is 0 Å².